The number of hydrogen-bond donors (Lipinski definition) is 1. The molecule has 1 atom stereocenters. The summed E-state index contributed by atoms with van der Waals surface area (Å²) in [4.78, 5) is 24.2. The van der Waals surface area contributed by atoms with Crippen molar-refractivity contribution < 1.29 is 24.2 Å². The summed E-state index contributed by atoms with van der Waals surface area (Å²) in [6, 6.07) is 0. The van der Waals surface area contributed by atoms with Gasteiger partial charge in [-0.05, 0) is 64.2 Å². The summed E-state index contributed by atoms with van der Waals surface area (Å²) in [7, 11) is 0. The maximum Gasteiger partial charge on any atom is 0.306 e. The van der Waals surface area contributed by atoms with Crippen molar-refractivity contribution in [2.75, 3.05) is 13.2 Å². The van der Waals surface area contributed by atoms with Crippen LogP contribution < -0.4 is 0 Å². The van der Waals surface area contributed by atoms with E-state index in [1.54, 1.807) is 0 Å². The van der Waals surface area contributed by atoms with Gasteiger partial charge in [-0.2, -0.15) is 0 Å². The zero-order valence-corrected chi connectivity index (χ0v) is 28.7. The molecule has 0 aliphatic carbocycles. The van der Waals surface area contributed by atoms with Crippen LogP contribution in [0.2, 0.25) is 0 Å². The summed E-state index contributed by atoms with van der Waals surface area (Å²) in [6.45, 7) is 4.03. The van der Waals surface area contributed by atoms with Crippen LogP contribution in [0.15, 0.2) is 48.6 Å². The second kappa shape index (κ2) is 35.3. The number of aliphatic hydroxyl groups excluding tert-OH is 1. The van der Waals surface area contributed by atoms with Crippen molar-refractivity contribution in [3.05, 3.63) is 48.6 Å². The molecule has 0 rings (SSSR count). The highest BCUT2D eigenvalue weighted by molar-refractivity contribution is 5.70. The lowest BCUT2D eigenvalue weighted by Crippen LogP contribution is -2.28. The molecule has 0 unspecified atom stereocenters. The summed E-state index contributed by atoms with van der Waals surface area (Å²) >= 11 is 0. The third kappa shape index (κ3) is 32.8. The number of ether oxygens (including phenoxy) is 2. The van der Waals surface area contributed by atoms with Gasteiger partial charge < -0.3 is 14.6 Å². The fraction of sp³-hybridized carbons (Fsp3) is 0.744. The molecule has 0 aromatic heterocycles. The van der Waals surface area contributed by atoms with Gasteiger partial charge in [0, 0.05) is 12.8 Å². The molecule has 0 bridgehead atoms. The lowest BCUT2D eigenvalue weighted by molar-refractivity contribution is -0.161. The van der Waals surface area contributed by atoms with Gasteiger partial charge in [-0.25, -0.2) is 0 Å². The Morgan fingerprint density at radius 1 is 0.545 bits per heavy atom. The van der Waals surface area contributed by atoms with Crippen molar-refractivity contribution in [1.29, 1.82) is 0 Å². The van der Waals surface area contributed by atoms with Gasteiger partial charge in [-0.1, -0.05) is 140 Å². The van der Waals surface area contributed by atoms with E-state index in [4.69, 9.17) is 9.47 Å². The van der Waals surface area contributed by atoms with Crippen LogP contribution in [0.4, 0.5) is 0 Å². The molecule has 0 radical (unpaired) electrons. The third-order valence-electron chi connectivity index (χ3n) is 7.62. The van der Waals surface area contributed by atoms with Crippen LogP contribution in [0, 0.1) is 0 Å². The predicted molar refractivity (Wildman–Crippen MR) is 187 cm³/mol. The van der Waals surface area contributed by atoms with E-state index in [9.17, 15) is 14.7 Å². The first-order valence-corrected chi connectivity index (χ1v) is 18.2. The molecule has 0 amide bonds. The normalized spacial score (nSPS) is 12.7. The van der Waals surface area contributed by atoms with E-state index in [1.165, 1.54) is 77.0 Å². The van der Waals surface area contributed by atoms with E-state index in [2.05, 4.69) is 62.5 Å². The average Bonchev–Trinajstić information content (AvgIpc) is 3.02. The van der Waals surface area contributed by atoms with Gasteiger partial charge in [0.1, 0.15) is 6.61 Å². The van der Waals surface area contributed by atoms with E-state index in [0.29, 0.717) is 12.8 Å². The molecule has 5 nitrogen and oxygen atoms in total. The second-order valence-electron chi connectivity index (χ2n) is 12.0. The molecule has 254 valence electrons. The lowest BCUT2D eigenvalue weighted by atomic mass is 10.1. The van der Waals surface area contributed by atoms with Crippen LogP contribution in [0.5, 0.6) is 0 Å². The zero-order valence-electron chi connectivity index (χ0n) is 28.7. The molecule has 0 aromatic rings. The van der Waals surface area contributed by atoms with Crippen LogP contribution >= 0.6 is 0 Å². The minimum absolute atomic E-state index is 0.0772. The van der Waals surface area contributed by atoms with Crippen LogP contribution in [0.3, 0.4) is 0 Å². The molecule has 0 saturated heterocycles. The van der Waals surface area contributed by atoms with Gasteiger partial charge in [-0.3, -0.25) is 9.59 Å². The molecule has 0 aliphatic rings. The summed E-state index contributed by atoms with van der Waals surface area (Å²) < 4.78 is 10.6. The number of esters is 2. The molecule has 1 N–H and O–H groups in total. The van der Waals surface area contributed by atoms with Crippen molar-refractivity contribution in [3.63, 3.8) is 0 Å². The number of aliphatic hydroxyl groups is 1. The molecule has 0 heterocycles. The van der Waals surface area contributed by atoms with Gasteiger partial charge in [0.05, 0.1) is 6.61 Å². The number of carbonyl (C=O) groups is 2. The first-order chi connectivity index (χ1) is 21.6. The maximum atomic E-state index is 12.1. The molecular weight excluding hydrogens is 548 g/mol. The Balaban J connectivity index is 3.62. The van der Waals surface area contributed by atoms with E-state index in [1.807, 2.05) is 0 Å². The Kier molecular flexibility index (Phi) is 33.6. The first kappa shape index (κ1) is 41.9. The van der Waals surface area contributed by atoms with Crippen LogP contribution in [0.1, 0.15) is 168 Å². The first-order valence-electron chi connectivity index (χ1n) is 18.2. The fourth-order valence-corrected chi connectivity index (χ4v) is 4.79. The number of allylic oxidation sites excluding steroid dienone is 8. The standard InChI is InChI=1S/C39H68O5/c1-3-5-7-9-11-13-15-17-19-21-23-25-27-29-31-33-38(41)43-36-37(35-40)44-39(42)34-32-30-28-26-24-22-20-18-16-14-12-10-8-6-4-2/h9,11-15,18,20,37,40H,3-8,10,16-17,19,21-36H2,1-2H3/b11-9+,14-12+,15-13+,20-18+/t37-/m0/s1. The van der Waals surface area contributed by atoms with Crippen molar-refractivity contribution in [2.45, 2.75) is 174 Å². The Morgan fingerprint density at radius 2 is 1.00 bits per heavy atom. The summed E-state index contributed by atoms with van der Waals surface area (Å²) in [5, 5.41) is 9.52. The van der Waals surface area contributed by atoms with Gasteiger partial charge in [0.2, 0.25) is 0 Å². The third-order valence-corrected chi connectivity index (χ3v) is 7.62. The largest absolute Gasteiger partial charge is 0.462 e. The number of carbonyl (C=O) groups excluding carboxylic acids is 2. The van der Waals surface area contributed by atoms with E-state index >= 15 is 0 Å². The molecular formula is C39H68O5. The zero-order chi connectivity index (χ0) is 32.2. The Morgan fingerprint density at radius 3 is 1.55 bits per heavy atom. The van der Waals surface area contributed by atoms with Crippen molar-refractivity contribution in [2.24, 2.45) is 0 Å². The molecule has 0 aliphatic heterocycles. The van der Waals surface area contributed by atoms with Crippen molar-refractivity contribution in [1.82, 2.24) is 0 Å². The van der Waals surface area contributed by atoms with E-state index in [-0.39, 0.29) is 25.2 Å². The number of rotatable bonds is 32. The minimum atomic E-state index is -0.781. The average molecular weight is 617 g/mol. The fourth-order valence-electron chi connectivity index (χ4n) is 4.79. The molecule has 0 fully saturated rings. The summed E-state index contributed by atoms with van der Waals surface area (Å²) in [5.74, 6) is -0.621. The summed E-state index contributed by atoms with van der Waals surface area (Å²) in [5.41, 5.74) is 0. The number of hydrogen-bond acceptors (Lipinski definition) is 5. The predicted octanol–water partition coefficient (Wildman–Crippen LogP) is 11.1. The van der Waals surface area contributed by atoms with Gasteiger partial charge in [0.25, 0.3) is 0 Å². The Hall–Kier alpha value is -2.14. The number of unbranched alkanes of at least 4 members (excludes halogenated alkanes) is 17. The topological polar surface area (TPSA) is 72.8 Å². The molecule has 5 heteroatoms. The van der Waals surface area contributed by atoms with E-state index < -0.39 is 6.10 Å². The Labute approximate surface area is 271 Å². The van der Waals surface area contributed by atoms with Crippen LogP contribution in [-0.4, -0.2) is 36.4 Å². The second-order valence-corrected chi connectivity index (χ2v) is 12.0. The van der Waals surface area contributed by atoms with E-state index in [0.717, 1.165) is 64.2 Å². The Bertz CT molecular complexity index is 752. The highest BCUT2D eigenvalue weighted by Crippen LogP contribution is 2.12. The highest BCUT2D eigenvalue weighted by Gasteiger charge is 2.16. The summed E-state index contributed by atoms with van der Waals surface area (Å²) in [6.07, 6.45) is 43.0. The quantitative estimate of drug-likeness (QED) is 0.0352. The van der Waals surface area contributed by atoms with Crippen molar-refractivity contribution in [3.8, 4) is 0 Å². The van der Waals surface area contributed by atoms with Gasteiger partial charge >= 0.3 is 11.9 Å². The lowest BCUT2D eigenvalue weighted by Gasteiger charge is -2.15. The molecule has 44 heavy (non-hydrogen) atoms. The molecule has 0 aromatic carbocycles. The van der Waals surface area contributed by atoms with Crippen LogP contribution in [0.25, 0.3) is 0 Å². The minimum Gasteiger partial charge on any atom is -0.462 e. The van der Waals surface area contributed by atoms with Gasteiger partial charge in [0.15, 0.2) is 6.10 Å². The molecule has 0 spiro atoms. The smallest absolute Gasteiger partial charge is 0.306 e. The maximum absolute atomic E-state index is 12.1. The monoisotopic (exact) mass is 617 g/mol. The highest BCUT2D eigenvalue weighted by atomic mass is 16.6. The van der Waals surface area contributed by atoms with Crippen molar-refractivity contribution >= 4 is 11.9 Å². The van der Waals surface area contributed by atoms with Crippen LogP contribution in [-0.2, 0) is 19.1 Å². The van der Waals surface area contributed by atoms with Gasteiger partial charge in [-0.15, -0.1) is 0 Å². The SMILES string of the molecule is CCCC/C=C/C=C/CCCCCCCCCC(=O)OC[C@H](CO)OC(=O)CCCCCCC/C=C/C/C=C/CCCCC. The molecule has 0 saturated carbocycles.